The van der Waals surface area contributed by atoms with Gasteiger partial charge in [-0.05, 0) is 12.1 Å². The molecule has 1 aromatic heterocycles. The van der Waals surface area contributed by atoms with E-state index in [1.807, 2.05) is 5.38 Å². The fourth-order valence-corrected chi connectivity index (χ4v) is 1.82. The largest absolute Gasteiger partial charge is 0.397 e. The number of azo groups is 1. The van der Waals surface area contributed by atoms with Crippen molar-refractivity contribution in [2.75, 3.05) is 5.73 Å². The van der Waals surface area contributed by atoms with E-state index in [1.165, 1.54) is 11.3 Å². The van der Waals surface area contributed by atoms with Crippen LogP contribution >= 0.6 is 34.5 Å². The average Bonchev–Trinajstić information content (AvgIpc) is 2.78. The molecule has 0 atom stereocenters. The molecular formula is C9H6Cl2N4S. The summed E-state index contributed by atoms with van der Waals surface area (Å²) in [6.07, 6.45) is 1.65. The van der Waals surface area contributed by atoms with Crippen LogP contribution in [0.5, 0.6) is 0 Å². The van der Waals surface area contributed by atoms with Crippen molar-refractivity contribution in [3.05, 3.63) is 33.8 Å². The van der Waals surface area contributed by atoms with Gasteiger partial charge < -0.3 is 5.73 Å². The summed E-state index contributed by atoms with van der Waals surface area (Å²) in [7, 11) is 0. The van der Waals surface area contributed by atoms with Crippen molar-refractivity contribution in [1.29, 1.82) is 0 Å². The Labute approximate surface area is 106 Å². The Bertz CT molecular complexity index is 525. The van der Waals surface area contributed by atoms with E-state index < -0.39 is 0 Å². The lowest BCUT2D eigenvalue weighted by Gasteiger charge is -2.01. The summed E-state index contributed by atoms with van der Waals surface area (Å²) in [6, 6.07) is 3.28. The maximum Gasteiger partial charge on any atom is 0.229 e. The SMILES string of the molecule is Nc1ccc(N=Nc2nccs2)c(Cl)c1Cl. The van der Waals surface area contributed by atoms with E-state index in [0.29, 0.717) is 21.5 Å². The molecule has 1 aromatic carbocycles. The molecule has 82 valence electrons. The predicted molar refractivity (Wildman–Crippen MR) is 67.2 cm³/mol. The average molecular weight is 273 g/mol. The molecule has 0 unspecified atom stereocenters. The van der Waals surface area contributed by atoms with Crippen LogP contribution in [0.4, 0.5) is 16.5 Å². The molecule has 0 aliphatic carbocycles. The van der Waals surface area contributed by atoms with Gasteiger partial charge in [-0.3, -0.25) is 0 Å². The lowest BCUT2D eigenvalue weighted by atomic mass is 10.3. The summed E-state index contributed by atoms with van der Waals surface area (Å²) in [6.45, 7) is 0. The first-order chi connectivity index (χ1) is 7.68. The molecule has 2 aromatic rings. The van der Waals surface area contributed by atoms with Crippen molar-refractivity contribution >= 4 is 51.0 Å². The zero-order valence-corrected chi connectivity index (χ0v) is 10.2. The first-order valence-corrected chi connectivity index (χ1v) is 5.87. The first-order valence-electron chi connectivity index (χ1n) is 4.23. The van der Waals surface area contributed by atoms with E-state index in [9.17, 15) is 0 Å². The maximum absolute atomic E-state index is 5.96. The minimum atomic E-state index is 0.289. The second-order valence-electron chi connectivity index (χ2n) is 2.82. The quantitative estimate of drug-likeness (QED) is 0.649. The summed E-state index contributed by atoms with van der Waals surface area (Å²) in [5.74, 6) is 0. The number of halogens is 2. The summed E-state index contributed by atoms with van der Waals surface area (Å²) >= 11 is 13.2. The maximum atomic E-state index is 5.96. The first kappa shape index (κ1) is 11.3. The minimum absolute atomic E-state index is 0.289. The van der Waals surface area contributed by atoms with Gasteiger partial charge in [-0.15, -0.1) is 21.6 Å². The Hall–Kier alpha value is -1.17. The molecule has 0 fully saturated rings. The number of aromatic nitrogens is 1. The topological polar surface area (TPSA) is 63.6 Å². The molecule has 0 saturated heterocycles. The number of rotatable bonds is 2. The highest BCUT2D eigenvalue weighted by atomic mass is 35.5. The van der Waals surface area contributed by atoms with Gasteiger partial charge in [0.05, 0.1) is 15.7 Å². The van der Waals surface area contributed by atoms with Crippen LogP contribution < -0.4 is 5.73 Å². The number of nitrogen functional groups attached to an aromatic ring is 1. The molecular weight excluding hydrogens is 267 g/mol. The minimum Gasteiger partial charge on any atom is -0.397 e. The molecule has 0 spiro atoms. The summed E-state index contributed by atoms with van der Waals surface area (Å²) in [5.41, 5.74) is 6.47. The van der Waals surface area contributed by atoms with E-state index in [-0.39, 0.29) is 5.02 Å². The Morgan fingerprint density at radius 2 is 2.00 bits per heavy atom. The van der Waals surface area contributed by atoms with Crippen LogP contribution in [0, 0.1) is 0 Å². The van der Waals surface area contributed by atoms with Crippen LogP contribution in [0.15, 0.2) is 33.9 Å². The highest BCUT2D eigenvalue weighted by molar-refractivity contribution is 7.13. The second kappa shape index (κ2) is 4.78. The monoisotopic (exact) mass is 272 g/mol. The fourth-order valence-electron chi connectivity index (χ4n) is 0.993. The summed E-state index contributed by atoms with van der Waals surface area (Å²) in [5, 5.41) is 10.8. The second-order valence-corrected chi connectivity index (χ2v) is 4.45. The highest BCUT2D eigenvalue weighted by Crippen LogP contribution is 2.36. The van der Waals surface area contributed by atoms with Crippen LogP contribution in [0.1, 0.15) is 0 Å². The zero-order valence-electron chi connectivity index (χ0n) is 7.89. The van der Waals surface area contributed by atoms with Gasteiger partial charge in [0.25, 0.3) is 0 Å². The zero-order chi connectivity index (χ0) is 11.5. The molecule has 2 N–H and O–H groups in total. The molecule has 4 nitrogen and oxygen atoms in total. The van der Waals surface area contributed by atoms with Crippen molar-refractivity contribution in [3.63, 3.8) is 0 Å². The molecule has 0 bridgehead atoms. The van der Waals surface area contributed by atoms with Gasteiger partial charge in [0.1, 0.15) is 5.69 Å². The number of benzene rings is 1. The van der Waals surface area contributed by atoms with E-state index in [1.54, 1.807) is 18.3 Å². The van der Waals surface area contributed by atoms with Crippen molar-refractivity contribution in [3.8, 4) is 0 Å². The van der Waals surface area contributed by atoms with Crippen LogP contribution in [-0.2, 0) is 0 Å². The molecule has 2 rings (SSSR count). The normalized spacial score (nSPS) is 11.1. The van der Waals surface area contributed by atoms with Gasteiger partial charge in [-0.25, -0.2) is 4.98 Å². The third kappa shape index (κ3) is 2.32. The summed E-state index contributed by atoms with van der Waals surface area (Å²) in [4.78, 5) is 3.96. The Morgan fingerprint density at radius 3 is 2.69 bits per heavy atom. The lowest BCUT2D eigenvalue weighted by Crippen LogP contribution is -1.85. The van der Waals surface area contributed by atoms with Gasteiger partial charge in [-0.1, -0.05) is 23.2 Å². The number of nitrogens with two attached hydrogens (primary N) is 1. The predicted octanol–water partition coefficient (Wildman–Crippen LogP) is 4.45. The van der Waals surface area contributed by atoms with Crippen LogP contribution in [-0.4, -0.2) is 4.98 Å². The van der Waals surface area contributed by atoms with Crippen molar-refractivity contribution in [2.24, 2.45) is 10.2 Å². The van der Waals surface area contributed by atoms with Crippen LogP contribution in [0.2, 0.25) is 10.0 Å². The standard InChI is InChI=1S/C9H6Cl2N4S/c10-7-5(12)1-2-6(8(7)11)14-15-9-13-3-4-16-9/h1-4H,12H2. The number of hydrogen-bond acceptors (Lipinski definition) is 5. The molecule has 16 heavy (non-hydrogen) atoms. The third-order valence-corrected chi connectivity index (χ3v) is 3.30. The Kier molecular flexibility index (Phi) is 3.38. The fraction of sp³-hybridized carbons (Fsp3) is 0. The Morgan fingerprint density at radius 1 is 1.19 bits per heavy atom. The van der Waals surface area contributed by atoms with Crippen LogP contribution in [0.25, 0.3) is 0 Å². The van der Waals surface area contributed by atoms with E-state index in [4.69, 9.17) is 28.9 Å². The molecule has 7 heteroatoms. The molecule has 0 aliphatic heterocycles. The Balaban J connectivity index is 2.32. The number of hydrogen-bond donors (Lipinski definition) is 1. The van der Waals surface area contributed by atoms with E-state index in [2.05, 4.69) is 15.2 Å². The van der Waals surface area contributed by atoms with Crippen LogP contribution in [0.3, 0.4) is 0 Å². The van der Waals surface area contributed by atoms with Crippen molar-refractivity contribution < 1.29 is 0 Å². The number of nitrogens with zero attached hydrogens (tertiary/aromatic N) is 3. The highest BCUT2D eigenvalue weighted by Gasteiger charge is 2.07. The van der Waals surface area contributed by atoms with E-state index >= 15 is 0 Å². The third-order valence-electron chi connectivity index (χ3n) is 1.75. The number of thiazole rings is 1. The van der Waals surface area contributed by atoms with Crippen molar-refractivity contribution in [1.82, 2.24) is 4.98 Å². The van der Waals surface area contributed by atoms with Gasteiger partial charge in [0.15, 0.2) is 0 Å². The lowest BCUT2D eigenvalue weighted by molar-refractivity contribution is 1.20. The van der Waals surface area contributed by atoms with Gasteiger partial charge in [-0.2, -0.15) is 0 Å². The number of anilines is 1. The molecule has 0 aliphatic rings. The summed E-state index contributed by atoms with van der Waals surface area (Å²) < 4.78 is 0. The molecule has 0 amide bonds. The smallest absolute Gasteiger partial charge is 0.229 e. The van der Waals surface area contributed by atoms with Gasteiger partial charge in [0.2, 0.25) is 5.13 Å². The van der Waals surface area contributed by atoms with Crippen molar-refractivity contribution in [2.45, 2.75) is 0 Å². The van der Waals surface area contributed by atoms with E-state index in [0.717, 1.165) is 0 Å². The molecule has 0 saturated carbocycles. The van der Waals surface area contributed by atoms with Gasteiger partial charge in [0, 0.05) is 11.6 Å². The molecule has 1 heterocycles. The molecule has 0 radical (unpaired) electrons. The van der Waals surface area contributed by atoms with Gasteiger partial charge >= 0.3 is 0 Å².